The van der Waals surface area contributed by atoms with Crippen molar-refractivity contribution in [1.29, 1.82) is 0 Å². The van der Waals surface area contributed by atoms with E-state index in [4.69, 9.17) is 9.72 Å². The van der Waals surface area contributed by atoms with Gasteiger partial charge in [-0.2, -0.15) is 0 Å². The number of piperidine rings is 1. The van der Waals surface area contributed by atoms with Gasteiger partial charge in [0.25, 0.3) is 5.91 Å². The molecule has 1 amide bonds. The van der Waals surface area contributed by atoms with E-state index in [0.717, 1.165) is 29.7 Å². The van der Waals surface area contributed by atoms with Crippen molar-refractivity contribution >= 4 is 17.5 Å². The van der Waals surface area contributed by atoms with Crippen molar-refractivity contribution in [3.8, 4) is 0 Å². The Labute approximate surface area is 154 Å². The van der Waals surface area contributed by atoms with Crippen LogP contribution in [0.4, 0.5) is 0 Å². The summed E-state index contributed by atoms with van der Waals surface area (Å²) < 4.78 is 7.03. The Kier molecular flexibility index (Phi) is 5.59. The molecule has 0 saturated carbocycles. The van der Waals surface area contributed by atoms with Gasteiger partial charge >= 0.3 is 5.97 Å². The van der Waals surface area contributed by atoms with Crippen LogP contribution in [0.25, 0.3) is 5.65 Å². The first kappa shape index (κ1) is 18.4. The number of likely N-dealkylation sites (tertiary alicyclic amines) is 1. The number of amides is 1. The molecule has 1 aliphatic heterocycles. The lowest BCUT2D eigenvalue weighted by Crippen LogP contribution is -2.41. The van der Waals surface area contributed by atoms with Crippen LogP contribution in [-0.2, 0) is 16.0 Å². The first-order valence-electron chi connectivity index (χ1n) is 9.49. The van der Waals surface area contributed by atoms with Gasteiger partial charge in [0.05, 0.1) is 18.2 Å². The number of nitrogens with zero attached hydrogens (tertiary/aromatic N) is 3. The van der Waals surface area contributed by atoms with Gasteiger partial charge in [0.1, 0.15) is 11.3 Å². The number of ether oxygens (including phenoxy) is 1. The van der Waals surface area contributed by atoms with E-state index < -0.39 is 0 Å². The molecule has 26 heavy (non-hydrogen) atoms. The number of carbonyl (C=O) groups is 2. The fourth-order valence-corrected chi connectivity index (χ4v) is 3.62. The number of hydrogen-bond acceptors (Lipinski definition) is 4. The number of rotatable bonds is 5. The van der Waals surface area contributed by atoms with Crippen molar-refractivity contribution in [1.82, 2.24) is 14.3 Å². The molecule has 0 N–H and O–H groups in total. The Bertz CT molecular complexity index is 804. The first-order valence-corrected chi connectivity index (χ1v) is 9.49. The molecular weight excluding hydrogens is 330 g/mol. The zero-order valence-electron chi connectivity index (χ0n) is 15.8. The number of carbonyl (C=O) groups excluding carboxylic acids is 2. The summed E-state index contributed by atoms with van der Waals surface area (Å²) in [6.07, 6.45) is 4.94. The molecule has 140 valence electrons. The average molecular weight is 357 g/mol. The van der Waals surface area contributed by atoms with Crippen LogP contribution < -0.4 is 0 Å². The van der Waals surface area contributed by atoms with Gasteiger partial charge < -0.3 is 9.64 Å². The van der Waals surface area contributed by atoms with Crippen LogP contribution in [0.15, 0.2) is 18.3 Å². The summed E-state index contributed by atoms with van der Waals surface area (Å²) in [5, 5.41) is 0. The molecule has 6 heteroatoms. The van der Waals surface area contributed by atoms with E-state index in [1.54, 1.807) is 0 Å². The van der Waals surface area contributed by atoms with Crippen molar-refractivity contribution < 1.29 is 14.3 Å². The van der Waals surface area contributed by atoms with Crippen LogP contribution in [0.1, 0.15) is 54.9 Å². The molecule has 0 radical (unpaired) electrons. The summed E-state index contributed by atoms with van der Waals surface area (Å²) in [5.41, 5.74) is 3.44. The third-order valence-electron chi connectivity index (χ3n) is 5.01. The summed E-state index contributed by atoms with van der Waals surface area (Å²) in [6, 6.07) is 3.96. The topological polar surface area (TPSA) is 63.9 Å². The second kappa shape index (κ2) is 7.89. The molecule has 6 nitrogen and oxygen atoms in total. The third-order valence-corrected chi connectivity index (χ3v) is 5.01. The summed E-state index contributed by atoms with van der Waals surface area (Å²) in [7, 11) is 0. The van der Waals surface area contributed by atoms with Crippen LogP contribution in [0.3, 0.4) is 0 Å². The van der Waals surface area contributed by atoms with Gasteiger partial charge in [0.15, 0.2) is 0 Å². The zero-order chi connectivity index (χ0) is 18.7. The van der Waals surface area contributed by atoms with Crippen LogP contribution in [0.5, 0.6) is 0 Å². The van der Waals surface area contributed by atoms with Crippen molar-refractivity contribution in [2.45, 2.75) is 46.5 Å². The molecule has 0 aliphatic carbocycles. The standard InChI is InChI=1S/C20H27N3O3/c1-4-7-16-17(23-11-6-8-14(3)18(23)21-16)19(24)22-12-9-15(10-13-22)20(25)26-5-2/h6,8,11,15H,4-5,7,9-10,12-13H2,1-3H3. The van der Waals surface area contributed by atoms with E-state index >= 15 is 0 Å². The summed E-state index contributed by atoms with van der Waals surface area (Å²) >= 11 is 0. The zero-order valence-corrected chi connectivity index (χ0v) is 15.8. The lowest BCUT2D eigenvalue weighted by Gasteiger charge is -2.31. The molecule has 0 aromatic carbocycles. The molecule has 0 unspecified atom stereocenters. The number of aryl methyl sites for hydroxylation is 2. The quantitative estimate of drug-likeness (QED) is 0.772. The molecular formula is C20H27N3O3. The second-order valence-electron chi connectivity index (χ2n) is 6.86. The largest absolute Gasteiger partial charge is 0.466 e. The fourth-order valence-electron chi connectivity index (χ4n) is 3.62. The van der Waals surface area contributed by atoms with Crippen LogP contribution in [-0.4, -0.2) is 45.9 Å². The number of fused-ring (bicyclic) bond motifs is 1. The molecule has 2 aromatic rings. The van der Waals surface area contributed by atoms with Gasteiger partial charge in [-0.15, -0.1) is 0 Å². The van der Waals surface area contributed by atoms with Crippen LogP contribution in [0, 0.1) is 12.8 Å². The molecule has 1 aliphatic rings. The number of aromatic nitrogens is 2. The lowest BCUT2D eigenvalue weighted by atomic mass is 9.96. The number of hydrogen-bond donors (Lipinski definition) is 0. The molecule has 0 atom stereocenters. The normalized spacial score (nSPS) is 15.4. The predicted molar refractivity (Wildman–Crippen MR) is 99.2 cm³/mol. The molecule has 3 rings (SSSR count). The van der Waals surface area contributed by atoms with Gasteiger partial charge in [0, 0.05) is 19.3 Å². The Morgan fingerprint density at radius 3 is 2.65 bits per heavy atom. The Morgan fingerprint density at radius 1 is 1.27 bits per heavy atom. The Balaban J connectivity index is 1.83. The van der Waals surface area contributed by atoms with E-state index in [-0.39, 0.29) is 17.8 Å². The van der Waals surface area contributed by atoms with Crippen molar-refractivity contribution in [2.75, 3.05) is 19.7 Å². The smallest absolute Gasteiger partial charge is 0.309 e. The first-order chi connectivity index (χ1) is 12.6. The molecule has 3 heterocycles. The SMILES string of the molecule is CCCc1nc2c(C)cccn2c1C(=O)N1CCC(C(=O)OCC)CC1. The maximum atomic E-state index is 13.2. The second-order valence-corrected chi connectivity index (χ2v) is 6.86. The molecule has 0 spiro atoms. The average Bonchev–Trinajstić information content (AvgIpc) is 3.01. The maximum absolute atomic E-state index is 13.2. The monoisotopic (exact) mass is 357 g/mol. The molecule has 2 aromatic heterocycles. The lowest BCUT2D eigenvalue weighted by molar-refractivity contribution is -0.149. The number of esters is 1. The van der Waals surface area contributed by atoms with Crippen molar-refractivity contribution in [3.63, 3.8) is 0 Å². The highest BCUT2D eigenvalue weighted by Gasteiger charge is 2.31. The minimum absolute atomic E-state index is 0.00820. The Hall–Kier alpha value is -2.37. The van der Waals surface area contributed by atoms with Gasteiger partial charge in [-0.05, 0) is 44.7 Å². The molecule has 1 saturated heterocycles. The summed E-state index contributed by atoms with van der Waals surface area (Å²) in [4.78, 5) is 31.7. The van der Waals surface area contributed by atoms with Crippen molar-refractivity contribution in [2.24, 2.45) is 5.92 Å². The van der Waals surface area contributed by atoms with E-state index in [1.165, 1.54) is 0 Å². The number of imidazole rings is 1. The van der Waals surface area contributed by atoms with Crippen LogP contribution >= 0.6 is 0 Å². The molecule has 0 bridgehead atoms. The van der Waals surface area contributed by atoms with E-state index in [9.17, 15) is 9.59 Å². The molecule has 1 fully saturated rings. The van der Waals surface area contributed by atoms with E-state index in [2.05, 4.69) is 6.92 Å². The van der Waals surface area contributed by atoms with E-state index in [0.29, 0.717) is 38.2 Å². The highest BCUT2D eigenvalue weighted by molar-refractivity contribution is 5.95. The fraction of sp³-hybridized carbons (Fsp3) is 0.550. The van der Waals surface area contributed by atoms with Gasteiger partial charge in [-0.3, -0.25) is 14.0 Å². The van der Waals surface area contributed by atoms with E-state index in [1.807, 2.05) is 41.5 Å². The summed E-state index contributed by atoms with van der Waals surface area (Å²) in [5.74, 6) is -0.232. The number of pyridine rings is 1. The van der Waals surface area contributed by atoms with Crippen LogP contribution in [0.2, 0.25) is 0 Å². The van der Waals surface area contributed by atoms with Gasteiger partial charge in [0.2, 0.25) is 0 Å². The van der Waals surface area contributed by atoms with Gasteiger partial charge in [-0.25, -0.2) is 4.98 Å². The Morgan fingerprint density at radius 2 is 2.00 bits per heavy atom. The van der Waals surface area contributed by atoms with Crippen molar-refractivity contribution in [3.05, 3.63) is 35.3 Å². The predicted octanol–water partition coefficient (Wildman–Crippen LogP) is 3.01. The minimum atomic E-state index is -0.142. The minimum Gasteiger partial charge on any atom is -0.466 e. The van der Waals surface area contributed by atoms with Gasteiger partial charge in [-0.1, -0.05) is 19.4 Å². The third kappa shape index (κ3) is 3.45. The highest BCUT2D eigenvalue weighted by Crippen LogP contribution is 2.23. The maximum Gasteiger partial charge on any atom is 0.309 e. The summed E-state index contributed by atoms with van der Waals surface area (Å²) in [6.45, 7) is 7.48. The highest BCUT2D eigenvalue weighted by atomic mass is 16.5.